The third kappa shape index (κ3) is 6.71. The summed E-state index contributed by atoms with van der Waals surface area (Å²) in [5.41, 5.74) is 0. The number of rotatable bonds is 16. The summed E-state index contributed by atoms with van der Waals surface area (Å²) in [5, 5.41) is 0. The molecule has 0 aromatic heterocycles. The molecule has 0 aliphatic rings. The first kappa shape index (κ1) is 31.4. The van der Waals surface area contributed by atoms with Crippen LogP contribution in [0.1, 0.15) is 0 Å². The summed E-state index contributed by atoms with van der Waals surface area (Å²) in [5.74, 6) is 0. The zero-order chi connectivity index (χ0) is 23.0. The van der Waals surface area contributed by atoms with Crippen LogP contribution in [0.4, 0.5) is 0 Å². The zero-order valence-corrected chi connectivity index (χ0v) is 29.3. The lowest BCUT2D eigenvalue weighted by Crippen LogP contribution is -2.95. The maximum Gasteiger partial charge on any atom is 0.418 e. The molecule has 11 nitrogen and oxygen atoms in total. The minimum atomic E-state index is -3.70. The van der Waals surface area contributed by atoms with Crippen molar-refractivity contribution in [1.29, 1.82) is 0 Å². The van der Waals surface area contributed by atoms with Crippen LogP contribution < -0.4 is 0 Å². The highest BCUT2D eigenvalue weighted by Gasteiger charge is 2.75. The van der Waals surface area contributed by atoms with E-state index < -0.39 is 112 Å². The Morgan fingerprint density at radius 1 is 0.517 bits per heavy atom. The fourth-order valence-corrected chi connectivity index (χ4v) is 141. The molecule has 0 spiro atoms. The van der Waals surface area contributed by atoms with E-state index in [9.17, 15) is 33.6 Å². The van der Waals surface area contributed by atoms with Crippen molar-refractivity contribution in [2.75, 3.05) is 0 Å². The minimum absolute atomic E-state index is 0.490. The molecule has 0 aliphatic heterocycles. The highest BCUT2D eigenvalue weighted by Crippen LogP contribution is 2.33. The standard InChI is InChI=1S/C5H22O11Si13/c1-25(2,3)15-24-16-28(21-10,22-11)29(23-12,14-18-7)26(4,5)27(19-8,20-9)13-17-6/h6-12H,1-5H3. The van der Waals surface area contributed by atoms with Gasteiger partial charge in [0, 0.05) is 0 Å². The van der Waals surface area contributed by atoms with E-state index in [0.29, 0.717) is 0 Å². The number of hydrogen-bond donors (Lipinski definition) is 7. The molecule has 0 saturated carbocycles. The summed E-state index contributed by atoms with van der Waals surface area (Å²) in [6.45, 7) is -1.40. The molecule has 24 heteroatoms. The first-order chi connectivity index (χ1) is 13.4. The van der Waals surface area contributed by atoms with Gasteiger partial charge in [-0.25, -0.2) is 0 Å². The minimum Gasteiger partial charge on any atom is -0.437 e. The molecule has 0 saturated heterocycles. The van der Waals surface area contributed by atoms with Gasteiger partial charge < -0.3 is 50.0 Å². The second-order valence-corrected chi connectivity index (χ2v) is 68.4. The van der Waals surface area contributed by atoms with E-state index in [1.54, 1.807) is 13.1 Å². The van der Waals surface area contributed by atoms with Crippen molar-refractivity contribution < 1.29 is 50.0 Å². The molecule has 0 fully saturated rings. The molecule has 16 radical (unpaired) electrons. The average molecular weight is 623 g/mol. The van der Waals surface area contributed by atoms with E-state index in [2.05, 4.69) is 0 Å². The molecule has 0 aromatic carbocycles. The highest BCUT2D eigenvalue weighted by molar-refractivity contribution is 8.07. The van der Waals surface area contributed by atoms with E-state index >= 15 is 0 Å². The summed E-state index contributed by atoms with van der Waals surface area (Å²) < 4.78 is 23.2. The van der Waals surface area contributed by atoms with E-state index in [1.807, 2.05) is 19.6 Å². The molecular formula is C5H22O11Si13. The highest BCUT2D eigenvalue weighted by atomic mass is 30.3. The lowest BCUT2D eigenvalue weighted by molar-refractivity contribution is 0.442. The Bertz CT molecular complexity index is 471. The van der Waals surface area contributed by atoms with Gasteiger partial charge in [0.05, 0.1) is 7.11 Å². The second-order valence-electron chi connectivity index (χ2n) is 7.01. The molecule has 7 N–H and O–H groups in total. The summed E-state index contributed by atoms with van der Waals surface area (Å²) in [6.07, 6.45) is 0. The topological polar surface area (TPSA) is 179 Å². The average Bonchev–Trinajstić information content (AvgIpc) is 2.66. The normalized spacial score (nSPS) is 16.1. The van der Waals surface area contributed by atoms with E-state index in [-0.39, 0.29) is 0 Å². The molecule has 0 bridgehead atoms. The molecule has 0 amide bonds. The van der Waals surface area contributed by atoms with Gasteiger partial charge in [-0.3, -0.25) is 0 Å². The smallest absolute Gasteiger partial charge is 0.418 e. The lowest BCUT2D eigenvalue weighted by atomic mass is 11.8. The van der Waals surface area contributed by atoms with Crippen molar-refractivity contribution in [2.45, 2.75) is 32.7 Å². The molecule has 0 aromatic rings. The quantitative estimate of drug-likeness (QED) is 0.0815. The maximum absolute atomic E-state index is 10.6. The second kappa shape index (κ2) is 13.3. The Balaban J connectivity index is 6.58. The predicted molar refractivity (Wildman–Crippen MR) is 124 cm³/mol. The molecule has 29 heavy (non-hydrogen) atoms. The maximum atomic E-state index is 10.6. The van der Waals surface area contributed by atoms with Gasteiger partial charge in [0.1, 0.15) is 0 Å². The summed E-state index contributed by atoms with van der Waals surface area (Å²) in [4.78, 5) is 70.8. The molecule has 160 valence electrons. The monoisotopic (exact) mass is 622 g/mol. The van der Waals surface area contributed by atoms with Crippen LogP contribution in [0.3, 0.4) is 0 Å². The van der Waals surface area contributed by atoms with Gasteiger partial charge in [-0.15, -0.1) is 0 Å². The van der Waals surface area contributed by atoms with Gasteiger partial charge in [0.25, 0.3) is 0 Å². The van der Waals surface area contributed by atoms with Gasteiger partial charge >= 0.3 is 30.0 Å². The van der Waals surface area contributed by atoms with E-state index in [0.717, 1.165) is 0 Å². The first-order valence-electron chi connectivity index (χ1n) is 7.70. The SMILES string of the molecule is C[Si](C)(C)O[Si]O[Si]([Si]O)([Si]O)[Si](O[Si]O)([Si]O)[Si](C)(C)[Si](O[Si]O)([Si]O)[Si]O. The summed E-state index contributed by atoms with van der Waals surface area (Å²) >= 11 is 0. The van der Waals surface area contributed by atoms with Crippen molar-refractivity contribution in [1.82, 2.24) is 0 Å². The van der Waals surface area contributed by atoms with Crippen LogP contribution in [0.5, 0.6) is 0 Å². The van der Waals surface area contributed by atoms with Crippen molar-refractivity contribution in [3.63, 3.8) is 0 Å². The van der Waals surface area contributed by atoms with Crippen molar-refractivity contribution in [2.24, 2.45) is 0 Å². The van der Waals surface area contributed by atoms with Gasteiger partial charge in [0.2, 0.25) is 67.0 Å². The van der Waals surface area contributed by atoms with Crippen LogP contribution >= 0.6 is 0 Å². The van der Waals surface area contributed by atoms with E-state index in [1.165, 1.54) is 0 Å². The van der Waals surface area contributed by atoms with Crippen LogP contribution in [-0.4, -0.2) is 146 Å². The van der Waals surface area contributed by atoms with Crippen molar-refractivity contribution >= 4 is 112 Å². The van der Waals surface area contributed by atoms with Crippen LogP contribution in [0.25, 0.3) is 0 Å². The lowest BCUT2D eigenvalue weighted by Gasteiger charge is -2.54. The molecule has 1 unspecified atom stereocenters. The van der Waals surface area contributed by atoms with E-state index in [4.69, 9.17) is 16.5 Å². The Labute approximate surface area is 194 Å². The molecule has 0 heterocycles. The van der Waals surface area contributed by atoms with Gasteiger partial charge in [-0.05, 0) is 19.6 Å². The Kier molecular flexibility index (Phi) is 14.4. The van der Waals surface area contributed by atoms with Gasteiger partial charge in [-0.2, -0.15) is 0 Å². The van der Waals surface area contributed by atoms with Gasteiger partial charge in [0.15, 0.2) is 8.32 Å². The predicted octanol–water partition coefficient (Wildman–Crippen LogP) is -6.20. The zero-order valence-electron chi connectivity index (χ0n) is 16.3. The molecule has 0 aliphatic carbocycles. The van der Waals surface area contributed by atoms with Crippen molar-refractivity contribution in [3.8, 4) is 0 Å². The largest absolute Gasteiger partial charge is 0.437 e. The van der Waals surface area contributed by atoms with Gasteiger partial charge in [-0.1, -0.05) is 13.1 Å². The fraction of sp³-hybridized carbons (Fsp3) is 1.00. The molecule has 1 atom stereocenters. The van der Waals surface area contributed by atoms with Crippen molar-refractivity contribution in [3.05, 3.63) is 0 Å². The van der Waals surface area contributed by atoms with Crippen LogP contribution in [0, 0.1) is 0 Å². The van der Waals surface area contributed by atoms with Crippen LogP contribution in [0.2, 0.25) is 32.7 Å². The fourth-order valence-electron chi connectivity index (χ4n) is 2.25. The number of hydrogen-bond acceptors (Lipinski definition) is 11. The third-order valence-electron chi connectivity index (χ3n) is 3.98. The van der Waals surface area contributed by atoms with Crippen LogP contribution in [-0.2, 0) is 16.5 Å². The summed E-state index contributed by atoms with van der Waals surface area (Å²) in [7, 11) is -12.0. The molecule has 0 rings (SSSR count). The Hall–Kier alpha value is 2.38. The Morgan fingerprint density at radius 3 is 1.28 bits per heavy atom. The third-order valence-corrected chi connectivity index (χ3v) is 114. The van der Waals surface area contributed by atoms with Crippen LogP contribution in [0.15, 0.2) is 0 Å². The molecular weight excluding hydrogens is 601 g/mol. The Morgan fingerprint density at radius 2 is 0.966 bits per heavy atom. The first-order valence-corrected chi connectivity index (χ1v) is 35.1. The summed E-state index contributed by atoms with van der Waals surface area (Å²) in [6, 6.07) is 0.